The van der Waals surface area contributed by atoms with Gasteiger partial charge in [-0.2, -0.15) is 4.99 Å². The third-order valence-electron chi connectivity index (χ3n) is 3.67. The van der Waals surface area contributed by atoms with Crippen molar-refractivity contribution >= 4 is 27.4 Å². The van der Waals surface area contributed by atoms with Gasteiger partial charge in [0.05, 0.1) is 4.90 Å². The maximum absolute atomic E-state index is 12.6. The number of aryl methyl sites for hydroxylation is 1. The van der Waals surface area contributed by atoms with Crippen molar-refractivity contribution in [1.29, 1.82) is 0 Å². The number of nitrogens with zero attached hydrogens (tertiary/aromatic N) is 2. The number of fused-ring (bicyclic) bond motifs is 1. The predicted octanol–water partition coefficient (Wildman–Crippen LogP) is 0.153. The van der Waals surface area contributed by atoms with Crippen molar-refractivity contribution < 1.29 is 18.4 Å². The van der Waals surface area contributed by atoms with Gasteiger partial charge in [-0.25, -0.2) is 8.42 Å². The molecule has 1 aromatic carbocycles. The van der Waals surface area contributed by atoms with Gasteiger partial charge >= 0.3 is 0 Å². The van der Waals surface area contributed by atoms with Crippen LogP contribution in [0.5, 0.6) is 0 Å². The van der Waals surface area contributed by atoms with Gasteiger partial charge < -0.3 is 16.7 Å². The molecular weight excluding hydrogens is 308 g/mol. The molecule has 1 heterocycles. The molecule has 2 rings (SSSR count). The Morgan fingerprint density at radius 2 is 1.86 bits per heavy atom. The Balaban J connectivity index is 2.79. The first-order valence-electron chi connectivity index (χ1n) is 6.30. The lowest BCUT2D eigenvalue weighted by Gasteiger charge is -2.16. The van der Waals surface area contributed by atoms with E-state index in [9.17, 15) is 18.4 Å². The third-order valence-corrected chi connectivity index (χ3v) is 6.13. The first-order chi connectivity index (χ1) is 10.0. The predicted molar refractivity (Wildman–Crippen MR) is 80.9 cm³/mol. The Labute approximate surface area is 127 Å². The molecule has 0 aliphatic carbocycles. The summed E-state index contributed by atoms with van der Waals surface area (Å²) in [6, 6.07) is 2.70. The number of oxime groups is 1. The molecule has 1 aliphatic rings. The lowest BCUT2D eigenvalue weighted by molar-refractivity contribution is 0.100. The summed E-state index contributed by atoms with van der Waals surface area (Å²) < 4.78 is 23.8. The highest BCUT2D eigenvalue weighted by molar-refractivity contribution is 7.94. The summed E-state index contributed by atoms with van der Waals surface area (Å²) in [5.74, 6) is -1.15. The smallest absolute Gasteiger partial charge is 0.280 e. The fourth-order valence-corrected chi connectivity index (χ4v) is 4.08. The Bertz CT molecular complexity index is 834. The Hall–Kier alpha value is -2.42. The van der Waals surface area contributed by atoms with Crippen LogP contribution in [0.25, 0.3) is 0 Å². The number of nitrogens with two attached hydrogens (primary N) is 2. The van der Waals surface area contributed by atoms with E-state index in [0.717, 1.165) is 0 Å². The Morgan fingerprint density at radius 1 is 1.27 bits per heavy atom. The van der Waals surface area contributed by atoms with E-state index in [-0.39, 0.29) is 21.7 Å². The third kappa shape index (κ3) is 2.05. The van der Waals surface area contributed by atoms with Crippen LogP contribution in [0, 0.1) is 6.92 Å². The highest BCUT2D eigenvalue weighted by atomic mass is 32.2. The number of carbonyl (C=O) groups excluding carboxylic acids is 1. The summed E-state index contributed by atoms with van der Waals surface area (Å²) in [4.78, 5) is 15.3. The number of guanidine groups is 1. The fourth-order valence-electron chi connectivity index (χ4n) is 2.40. The van der Waals surface area contributed by atoms with Gasteiger partial charge in [-0.15, -0.1) is 0 Å². The summed E-state index contributed by atoms with van der Waals surface area (Å²) in [5.41, 5.74) is 11.2. The molecule has 5 N–H and O–H groups in total. The molecule has 0 aromatic heterocycles. The molecule has 0 saturated carbocycles. The average molecular weight is 324 g/mol. The van der Waals surface area contributed by atoms with Gasteiger partial charge in [-0.1, -0.05) is 5.16 Å². The number of sulfone groups is 1. The molecule has 0 fully saturated rings. The summed E-state index contributed by atoms with van der Waals surface area (Å²) in [6.45, 7) is 4.48. The monoisotopic (exact) mass is 324 g/mol. The van der Waals surface area contributed by atoms with Gasteiger partial charge in [0.2, 0.25) is 0 Å². The minimum atomic E-state index is -3.80. The second-order valence-corrected chi connectivity index (χ2v) is 7.93. The molecule has 0 unspecified atom stereocenters. The topological polar surface area (TPSA) is 148 Å². The van der Waals surface area contributed by atoms with E-state index in [1.807, 2.05) is 0 Å². The van der Waals surface area contributed by atoms with Crippen molar-refractivity contribution in [2.45, 2.75) is 30.4 Å². The van der Waals surface area contributed by atoms with Crippen LogP contribution >= 0.6 is 0 Å². The second-order valence-electron chi connectivity index (χ2n) is 5.47. The molecule has 8 nitrogen and oxygen atoms in total. The van der Waals surface area contributed by atoms with Gasteiger partial charge in [0.25, 0.3) is 5.91 Å². The summed E-state index contributed by atoms with van der Waals surface area (Å²) >= 11 is 0. The van der Waals surface area contributed by atoms with Gasteiger partial charge in [0, 0.05) is 11.1 Å². The Morgan fingerprint density at radius 3 is 2.36 bits per heavy atom. The van der Waals surface area contributed by atoms with Gasteiger partial charge in [0.15, 0.2) is 15.8 Å². The van der Waals surface area contributed by atoms with Crippen molar-refractivity contribution in [2.75, 3.05) is 0 Å². The first kappa shape index (κ1) is 16.0. The zero-order valence-electron chi connectivity index (χ0n) is 12.3. The minimum Gasteiger partial charge on any atom is -0.411 e. The van der Waals surface area contributed by atoms with Gasteiger partial charge in [-0.05, 0) is 38.5 Å². The number of benzene rings is 1. The van der Waals surface area contributed by atoms with Crippen molar-refractivity contribution in [3.05, 3.63) is 28.8 Å². The van der Waals surface area contributed by atoms with Gasteiger partial charge in [0.1, 0.15) is 10.5 Å². The molecule has 1 amide bonds. The van der Waals surface area contributed by atoms with Crippen LogP contribution in [-0.4, -0.2) is 36.0 Å². The van der Waals surface area contributed by atoms with E-state index in [1.165, 1.54) is 26.0 Å². The first-order valence-corrected chi connectivity index (χ1v) is 7.78. The molecule has 0 saturated heterocycles. The highest BCUT2D eigenvalue weighted by Gasteiger charge is 2.50. The van der Waals surface area contributed by atoms with E-state index < -0.39 is 26.5 Å². The molecule has 1 aromatic rings. The molecule has 9 heteroatoms. The molecule has 1 aliphatic heterocycles. The van der Waals surface area contributed by atoms with Crippen LogP contribution < -0.4 is 11.5 Å². The maximum atomic E-state index is 12.6. The normalized spacial score (nSPS) is 19.7. The average Bonchev–Trinajstić information content (AvgIpc) is 2.51. The Kier molecular flexibility index (Phi) is 3.48. The van der Waals surface area contributed by atoms with Gasteiger partial charge in [-0.3, -0.25) is 4.79 Å². The van der Waals surface area contributed by atoms with Crippen molar-refractivity contribution in [3.8, 4) is 0 Å². The number of carbonyl (C=O) groups is 1. The molecule has 0 atom stereocenters. The molecule has 118 valence electrons. The lowest BCUT2D eigenvalue weighted by atomic mass is 9.96. The molecule has 22 heavy (non-hydrogen) atoms. The quantitative estimate of drug-likeness (QED) is 0.290. The molecule has 0 bridgehead atoms. The van der Waals surface area contributed by atoms with Crippen LogP contribution in [-0.2, 0) is 9.84 Å². The van der Waals surface area contributed by atoms with Crippen LogP contribution in [0.3, 0.4) is 0 Å². The number of hydrogen-bond acceptors (Lipinski definition) is 5. The number of amides is 1. The summed E-state index contributed by atoms with van der Waals surface area (Å²) in [5, 5.41) is 12.3. The summed E-state index contributed by atoms with van der Waals surface area (Å²) in [7, 11) is -3.80. The van der Waals surface area contributed by atoms with E-state index >= 15 is 0 Å². The van der Waals surface area contributed by atoms with E-state index in [1.54, 1.807) is 6.92 Å². The zero-order valence-corrected chi connectivity index (χ0v) is 13.1. The zero-order chi connectivity index (χ0) is 16.9. The van der Waals surface area contributed by atoms with Crippen molar-refractivity contribution in [1.82, 2.24) is 0 Å². The van der Waals surface area contributed by atoms with Crippen LogP contribution in [0.1, 0.15) is 35.3 Å². The highest BCUT2D eigenvalue weighted by Crippen LogP contribution is 2.40. The van der Waals surface area contributed by atoms with Crippen molar-refractivity contribution in [2.24, 2.45) is 21.6 Å². The number of rotatable bonds is 1. The SMILES string of the molecule is Cc1cc2c(cc1C(=O)N=C(N)N)S(=O)(=O)C(C)(C)C2=NO. The molecule has 0 radical (unpaired) electrons. The summed E-state index contributed by atoms with van der Waals surface area (Å²) in [6.07, 6.45) is 0. The van der Waals surface area contributed by atoms with E-state index in [2.05, 4.69) is 10.1 Å². The van der Waals surface area contributed by atoms with Crippen LogP contribution in [0.2, 0.25) is 0 Å². The molecular formula is C13H16N4O4S. The number of aliphatic imine (C=N–C) groups is 1. The molecule has 0 spiro atoms. The number of hydrogen-bond donors (Lipinski definition) is 3. The maximum Gasteiger partial charge on any atom is 0.280 e. The van der Waals surface area contributed by atoms with E-state index in [4.69, 9.17) is 11.5 Å². The van der Waals surface area contributed by atoms with Crippen LogP contribution in [0.15, 0.2) is 27.2 Å². The minimum absolute atomic E-state index is 0.0337. The largest absolute Gasteiger partial charge is 0.411 e. The van der Waals surface area contributed by atoms with E-state index in [0.29, 0.717) is 5.56 Å². The lowest BCUT2D eigenvalue weighted by Crippen LogP contribution is -2.34. The second kappa shape index (κ2) is 4.80. The standard InChI is InChI=1S/C13H16N4O4S/c1-6-4-8-9(5-7(6)11(18)16-12(14)15)22(20,21)13(2,3)10(8)17-19/h4-5,19H,1-3H3,(H4,14,15,16,18). The fraction of sp³-hybridized carbons (Fsp3) is 0.308. The van der Waals surface area contributed by atoms with Crippen LogP contribution in [0.4, 0.5) is 0 Å². The van der Waals surface area contributed by atoms with Crippen molar-refractivity contribution in [3.63, 3.8) is 0 Å².